The highest BCUT2D eigenvalue weighted by Crippen LogP contribution is 2.14. The van der Waals surface area contributed by atoms with Crippen LogP contribution in [-0.4, -0.2) is 21.6 Å². The zero-order valence-corrected chi connectivity index (χ0v) is 11.0. The van der Waals surface area contributed by atoms with Crippen molar-refractivity contribution in [2.24, 2.45) is 0 Å². The minimum absolute atomic E-state index is 0.0459. The van der Waals surface area contributed by atoms with Crippen LogP contribution in [0.25, 0.3) is 5.52 Å². The van der Waals surface area contributed by atoms with Crippen molar-refractivity contribution < 1.29 is 4.79 Å². The predicted octanol–water partition coefficient (Wildman–Crippen LogP) is 2.48. The fourth-order valence-corrected chi connectivity index (χ4v) is 2.44. The zero-order valence-electron chi connectivity index (χ0n) is 11.0. The number of aromatic nitrogens is 2. The summed E-state index contributed by atoms with van der Waals surface area (Å²) in [6.07, 6.45) is 11.0. The molecule has 4 heteroatoms. The van der Waals surface area contributed by atoms with Crippen LogP contribution in [0.2, 0.25) is 0 Å². The standard InChI is InChI=1S/C15H17N3O/c1-11-7-8-14-13(9-16-18(14)10-11)15(19)17-12-5-3-2-4-6-12/h3,5,7-10,12H,2,4,6H2,1H3,(H,17,19). The minimum Gasteiger partial charge on any atom is -0.346 e. The molecule has 0 saturated heterocycles. The highest BCUT2D eigenvalue weighted by Gasteiger charge is 2.16. The van der Waals surface area contributed by atoms with Gasteiger partial charge in [-0.3, -0.25) is 4.79 Å². The van der Waals surface area contributed by atoms with Gasteiger partial charge in [-0.2, -0.15) is 5.10 Å². The first-order chi connectivity index (χ1) is 9.24. The Bertz CT molecular complexity index is 642. The molecule has 0 radical (unpaired) electrons. The highest BCUT2D eigenvalue weighted by atomic mass is 16.1. The van der Waals surface area contributed by atoms with Crippen LogP contribution in [0, 0.1) is 6.92 Å². The van der Waals surface area contributed by atoms with Crippen molar-refractivity contribution in [1.82, 2.24) is 14.9 Å². The number of nitrogens with one attached hydrogen (secondary N) is 1. The van der Waals surface area contributed by atoms with E-state index in [0.29, 0.717) is 5.56 Å². The molecule has 4 nitrogen and oxygen atoms in total. The second-order valence-corrected chi connectivity index (χ2v) is 5.03. The number of amides is 1. The summed E-state index contributed by atoms with van der Waals surface area (Å²) in [5, 5.41) is 7.28. The van der Waals surface area contributed by atoms with Crippen LogP contribution in [0.1, 0.15) is 35.2 Å². The lowest BCUT2D eigenvalue weighted by molar-refractivity contribution is 0.0943. The number of carbonyl (C=O) groups is 1. The summed E-state index contributed by atoms with van der Waals surface area (Å²) >= 11 is 0. The number of pyridine rings is 1. The summed E-state index contributed by atoms with van der Waals surface area (Å²) in [4.78, 5) is 12.3. The van der Waals surface area contributed by atoms with Gasteiger partial charge in [-0.25, -0.2) is 4.52 Å². The van der Waals surface area contributed by atoms with Gasteiger partial charge in [0.25, 0.3) is 5.91 Å². The SMILES string of the molecule is Cc1ccc2c(C(=O)NC3C=CCCC3)cnn2c1. The molecule has 0 fully saturated rings. The van der Waals surface area contributed by atoms with E-state index in [4.69, 9.17) is 0 Å². The predicted molar refractivity (Wildman–Crippen MR) is 74.2 cm³/mol. The second kappa shape index (κ2) is 4.88. The van der Waals surface area contributed by atoms with E-state index in [1.165, 1.54) is 0 Å². The molecule has 2 aromatic rings. The maximum Gasteiger partial charge on any atom is 0.255 e. The molecule has 1 atom stereocenters. The Hall–Kier alpha value is -2.10. The van der Waals surface area contributed by atoms with Gasteiger partial charge in [-0.15, -0.1) is 0 Å². The lowest BCUT2D eigenvalue weighted by Gasteiger charge is -2.17. The van der Waals surface area contributed by atoms with Gasteiger partial charge in [0.15, 0.2) is 0 Å². The molecular formula is C15H17N3O. The molecule has 0 spiro atoms. The molecule has 0 bridgehead atoms. The van der Waals surface area contributed by atoms with Crippen LogP contribution in [0.5, 0.6) is 0 Å². The van der Waals surface area contributed by atoms with Crippen LogP contribution < -0.4 is 5.32 Å². The second-order valence-electron chi connectivity index (χ2n) is 5.03. The van der Waals surface area contributed by atoms with Gasteiger partial charge in [0, 0.05) is 12.2 Å². The highest BCUT2D eigenvalue weighted by molar-refractivity contribution is 6.00. The fourth-order valence-electron chi connectivity index (χ4n) is 2.44. The smallest absolute Gasteiger partial charge is 0.255 e. The molecule has 1 amide bonds. The maximum absolute atomic E-state index is 12.3. The average molecular weight is 255 g/mol. The number of hydrogen-bond acceptors (Lipinski definition) is 2. The van der Waals surface area contributed by atoms with Gasteiger partial charge in [-0.05, 0) is 37.8 Å². The van der Waals surface area contributed by atoms with Crippen molar-refractivity contribution in [2.75, 3.05) is 0 Å². The lowest BCUT2D eigenvalue weighted by atomic mass is 10.0. The average Bonchev–Trinajstić information content (AvgIpc) is 2.82. The number of rotatable bonds is 2. The lowest BCUT2D eigenvalue weighted by Crippen LogP contribution is -2.34. The molecule has 3 rings (SSSR count). The Labute approximate surface area is 112 Å². The van der Waals surface area contributed by atoms with Crippen molar-refractivity contribution in [1.29, 1.82) is 0 Å². The first kappa shape index (κ1) is 12.0. The Morgan fingerprint density at radius 1 is 1.47 bits per heavy atom. The van der Waals surface area contributed by atoms with E-state index in [-0.39, 0.29) is 11.9 Å². The van der Waals surface area contributed by atoms with E-state index < -0.39 is 0 Å². The van der Waals surface area contributed by atoms with E-state index >= 15 is 0 Å². The van der Waals surface area contributed by atoms with Gasteiger partial charge in [0.2, 0.25) is 0 Å². The third kappa shape index (κ3) is 2.38. The first-order valence-corrected chi connectivity index (χ1v) is 6.65. The van der Waals surface area contributed by atoms with Crippen LogP contribution >= 0.6 is 0 Å². The molecule has 2 aromatic heterocycles. The number of hydrogen-bond donors (Lipinski definition) is 1. The third-order valence-electron chi connectivity index (χ3n) is 3.48. The molecule has 0 saturated carbocycles. The number of carbonyl (C=O) groups excluding carboxylic acids is 1. The fraction of sp³-hybridized carbons (Fsp3) is 0.333. The van der Waals surface area contributed by atoms with Crippen LogP contribution in [0.15, 0.2) is 36.7 Å². The molecule has 0 aromatic carbocycles. The van der Waals surface area contributed by atoms with Crippen molar-refractivity contribution in [3.63, 3.8) is 0 Å². The largest absolute Gasteiger partial charge is 0.346 e. The normalized spacial score (nSPS) is 18.7. The molecule has 1 N–H and O–H groups in total. The summed E-state index contributed by atoms with van der Waals surface area (Å²) in [6.45, 7) is 2.01. The van der Waals surface area contributed by atoms with Crippen molar-refractivity contribution in [3.05, 3.63) is 47.8 Å². The number of fused-ring (bicyclic) bond motifs is 1. The molecule has 1 unspecified atom stereocenters. The molecule has 1 aliphatic rings. The van der Waals surface area contributed by atoms with E-state index in [0.717, 1.165) is 30.3 Å². The van der Waals surface area contributed by atoms with Crippen molar-refractivity contribution in [3.8, 4) is 0 Å². The van der Waals surface area contributed by atoms with Gasteiger partial charge in [-0.1, -0.05) is 18.2 Å². The Kier molecular flexibility index (Phi) is 3.07. The van der Waals surface area contributed by atoms with Gasteiger partial charge in [0.05, 0.1) is 17.3 Å². The Balaban J connectivity index is 1.85. The van der Waals surface area contributed by atoms with Crippen LogP contribution in [0.4, 0.5) is 0 Å². The van der Waals surface area contributed by atoms with E-state index in [1.54, 1.807) is 10.7 Å². The summed E-state index contributed by atoms with van der Waals surface area (Å²) in [5.74, 6) is -0.0459. The quantitative estimate of drug-likeness (QED) is 0.838. The molecule has 1 aliphatic carbocycles. The summed E-state index contributed by atoms with van der Waals surface area (Å²) in [5.41, 5.74) is 2.61. The monoisotopic (exact) mass is 255 g/mol. The summed E-state index contributed by atoms with van der Waals surface area (Å²) in [6, 6.07) is 4.09. The Morgan fingerprint density at radius 2 is 2.37 bits per heavy atom. The van der Waals surface area contributed by atoms with Gasteiger partial charge >= 0.3 is 0 Å². The van der Waals surface area contributed by atoms with E-state index in [1.807, 2.05) is 25.3 Å². The Morgan fingerprint density at radius 3 is 3.16 bits per heavy atom. The van der Waals surface area contributed by atoms with Crippen LogP contribution in [-0.2, 0) is 0 Å². The van der Waals surface area contributed by atoms with Crippen LogP contribution in [0.3, 0.4) is 0 Å². The molecular weight excluding hydrogens is 238 g/mol. The van der Waals surface area contributed by atoms with E-state index in [2.05, 4.69) is 22.6 Å². The van der Waals surface area contributed by atoms with Gasteiger partial charge < -0.3 is 5.32 Å². The maximum atomic E-state index is 12.3. The van der Waals surface area contributed by atoms with Crippen molar-refractivity contribution in [2.45, 2.75) is 32.2 Å². The van der Waals surface area contributed by atoms with E-state index in [9.17, 15) is 4.79 Å². The zero-order chi connectivity index (χ0) is 13.2. The molecule has 2 heterocycles. The molecule has 19 heavy (non-hydrogen) atoms. The van der Waals surface area contributed by atoms with Crippen molar-refractivity contribution >= 4 is 11.4 Å². The first-order valence-electron chi connectivity index (χ1n) is 6.65. The van der Waals surface area contributed by atoms with Gasteiger partial charge in [0.1, 0.15) is 0 Å². The molecule has 0 aliphatic heterocycles. The number of aryl methyl sites for hydroxylation is 1. The third-order valence-corrected chi connectivity index (χ3v) is 3.48. The molecule has 98 valence electrons. The topological polar surface area (TPSA) is 46.4 Å². The summed E-state index contributed by atoms with van der Waals surface area (Å²) in [7, 11) is 0. The summed E-state index contributed by atoms with van der Waals surface area (Å²) < 4.78 is 1.75. The number of nitrogens with zero attached hydrogens (tertiary/aromatic N) is 2. The minimum atomic E-state index is -0.0459. The number of allylic oxidation sites excluding steroid dienone is 1.